The smallest absolute Gasteiger partial charge is 0.242 e. The third-order valence-corrected chi connectivity index (χ3v) is 6.28. The first kappa shape index (κ1) is 21.7. The molecule has 0 aliphatic heterocycles. The number of hydrogen-bond acceptors (Lipinski definition) is 3. The van der Waals surface area contributed by atoms with Crippen LogP contribution in [-0.4, -0.2) is 20.4 Å². The molecule has 30 heavy (non-hydrogen) atoms. The maximum atomic E-state index is 13.0. The summed E-state index contributed by atoms with van der Waals surface area (Å²) in [6, 6.07) is 24.0. The molecule has 3 aromatic rings. The summed E-state index contributed by atoms with van der Waals surface area (Å²) in [4.78, 5) is 13.1. The molecule has 0 spiro atoms. The lowest BCUT2D eigenvalue weighted by molar-refractivity contribution is -0.117. The Labute approximate surface area is 178 Å². The molecule has 3 aromatic carbocycles. The molecule has 156 valence electrons. The molecule has 0 unspecified atom stereocenters. The Hall–Kier alpha value is -2.96. The third-order valence-electron chi connectivity index (χ3n) is 4.79. The molecule has 0 aliphatic rings. The van der Waals surface area contributed by atoms with Gasteiger partial charge < -0.3 is 5.32 Å². The summed E-state index contributed by atoms with van der Waals surface area (Å²) in [5, 5.41) is 2.84. The predicted molar refractivity (Wildman–Crippen MR) is 120 cm³/mol. The summed E-state index contributed by atoms with van der Waals surface area (Å²) in [6.45, 7) is 4.20. The van der Waals surface area contributed by atoms with E-state index in [-0.39, 0.29) is 11.3 Å². The van der Waals surface area contributed by atoms with Crippen LogP contribution in [0.1, 0.15) is 30.9 Å². The first-order valence-corrected chi connectivity index (χ1v) is 11.4. The molecule has 6 heteroatoms. The molecule has 2 N–H and O–H groups in total. The van der Waals surface area contributed by atoms with Crippen LogP contribution in [0.2, 0.25) is 0 Å². The molecule has 0 radical (unpaired) electrons. The van der Waals surface area contributed by atoms with Crippen LogP contribution >= 0.6 is 0 Å². The minimum atomic E-state index is -3.85. The Kier molecular flexibility index (Phi) is 7.03. The number of rotatable bonds is 8. The maximum Gasteiger partial charge on any atom is 0.242 e. The monoisotopic (exact) mass is 422 g/mol. The van der Waals surface area contributed by atoms with E-state index in [0.29, 0.717) is 11.6 Å². The van der Waals surface area contributed by atoms with Crippen molar-refractivity contribution in [2.24, 2.45) is 0 Å². The molecular formula is C24H26N2O3S. The molecule has 0 heterocycles. The number of carbonyl (C=O) groups is 1. The number of anilines is 1. The summed E-state index contributed by atoms with van der Waals surface area (Å²) in [5.41, 5.74) is 2.66. The van der Waals surface area contributed by atoms with Crippen LogP contribution in [0.15, 0.2) is 89.8 Å². The Balaban J connectivity index is 1.82. The largest absolute Gasteiger partial charge is 0.325 e. The van der Waals surface area contributed by atoms with Crippen LogP contribution in [0.4, 0.5) is 5.69 Å². The zero-order valence-electron chi connectivity index (χ0n) is 17.1. The van der Waals surface area contributed by atoms with Crippen molar-refractivity contribution in [1.29, 1.82) is 0 Å². The van der Waals surface area contributed by atoms with Gasteiger partial charge >= 0.3 is 0 Å². The second-order valence-electron chi connectivity index (χ2n) is 7.44. The highest BCUT2D eigenvalue weighted by molar-refractivity contribution is 7.89. The van der Waals surface area contributed by atoms with Gasteiger partial charge in [0.2, 0.25) is 15.9 Å². The Morgan fingerprint density at radius 2 is 1.40 bits per heavy atom. The molecule has 0 aromatic heterocycles. The molecule has 0 saturated carbocycles. The zero-order valence-corrected chi connectivity index (χ0v) is 17.9. The van der Waals surface area contributed by atoms with Gasteiger partial charge in [0.25, 0.3) is 0 Å². The highest BCUT2D eigenvalue weighted by Crippen LogP contribution is 2.18. The van der Waals surface area contributed by atoms with E-state index in [0.717, 1.165) is 5.56 Å². The number of nitrogens with one attached hydrogen (secondary N) is 2. The Bertz CT molecular complexity index is 1060. The van der Waals surface area contributed by atoms with Crippen LogP contribution in [0.5, 0.6) is 0 Å². The van der Waals surface area contributed by atoms with Gasteiger partial charge in [-0.15, -0.1) is 0 Å². The number of sulfonamides is 1. The van der Waals surface area contributed by atoms with E-state index in [1.165, 1.54) is 17.7 Å². The molecule has 0 fully saturated rings. The fourth-order valence-electron chi connectivity index (χ4n) is 3.07. The lowest BCUT2D eigenvalue weighted by Gasteiger charge is -2.19. The number of amides is 1. The highest BCUT2D eigenvalue weighted by Gasteiger charge is 2.26. The first-order chi connectivity index (χ1) is 14.3. The van der Waals surface area contributed by atoms with Crippen molar-refractivity contribution in [3.8, 4) is 0 Å². The van der Waals surface area contributed by atoms with E-state index in [2.05, 4.69) is 23.9 Å². The molecule has 0 saturated heterocycles. The summed E-state index contributed by atoms with van der Waals surface area (Å²) in [5.74, 6) is -0.0195. The summed E-state index contributed by atoms with van der Waals surface area (Å²) < 4.78 is 28.2. The summed E-state index contributed by atoms with van der Waals surface area (Å²) >= 11 is 0. The average molecular weight is 423 g/mol. The minimum absolute atomic E-state index is 0.122. The van der Waals surface area contributed by atoms with Crippen molar-refractivity contribution in [2.75, 3.05) is 5.32 Å². The average Bonchev–Trinajstić information content (AvgIpc) is 2.75. The van der Waals surface area contributed by atoms with Gasteiger partial charge in [-0.3, -0.25) is 4.79 Å². The van der Waals surface area contributed by atoms with E-state index in [9.17, 15) is 13.2 Å². The molecule has 5 nitrogen and oxygen atoms in total. The normalized spacial score (nSPS) is 12.5. The Morgan fingerprint density at radius 1 is 0.833 bits per heavy atom. The fraction of sp³-hybridized carbons (Fsp3) is 0.208. The van der Waals surface area contributed by atoms with Crippen molar-refractivity contribution in [3.63, 3.8) is 0 Å². The van der Waals surface area contributed by atoms with Gasteiger partial charge in [-0.2, -0.15) is 4.72 Å². The van der Waals surface area contributed by atoms with E-state index in [1.54, 1.807) is 18.2 Å². The maximum absolute atomic E-state index is 13.0. The van der Waals surface area contributed by atoms with Crippen molar-refractivity contribution < 1.29 is 13.2 Å². The second kappa shape index (κ2) is 9.69. The summed E-state index contributed by atoms with van der Waals surface area (Å²) in [7, 11) is -3.85. The van der Waals surface area contributed by atoms with Gasteiger partial charge in [0.1, 0.15) is 6.04 Å². The van der Waals surface area contributed by atoms with Crippen molar-refractivity contribution >= 4 is 21.6 Å². The van der Waals surface area contributed by atoms with E-state index >= 15 is 0 Å². The van der Waals surface area contributed by atoms with Gasteiger partial charge in [0.05, 0.1) is 4.90 Å². The van der Waals surface area contributed by atoms with E-state index in [4.69, 9.17) is 0 Å². The van der Waals surface area contributed by atoms with E-state index < -0.39 is 22.0 Å². The molecule has 1 atom stereocenters. The van der Waals surface area contributed by atoms with Gasteiger partial charge in [0.15, 0.2) is 0 Å². The van der Waals surface area contributed by atoms with Crippen molar-refractivity contribution in [3.05, 3.63) is 96.1 Å². The van der Waals surface area contributed by atoms with Gasteiger partial charge in [0, 0.05) is 5.69 Å². The number of benzene rings is 3. The van der Waals surface area contributed by atoms with Crippen molar-refractivity contribution in [1.82, 2.24) is 4.72 Å². The second-order valence-corrected chi connectivity index (χ2v) is 9.16. The standard InChI is InChI=1S/C24H26N2O3S/c1-18(2)20-13-15-21(16-14-20)25-24(27)23(17-19-9-5-3-6-10-19)26-30(28,29)22-11-7-4-8-12-22/h3-16,18,23,26H,17H2,1-2H3,(H,25,27)/t23-/m1/s1. The Morgan fingerprint density at radius 3 is 1.97 bits per heavy atom. The third kappa shape index (κ3) is 5.78. The minimum Gasteiger partial charge on any atom is -0.325 e. The fourth-order valence-corrected chi connectivity index (χ4v) is 4.29. The molecule has 3 rings (SSSR count). The SMILES string of the molecule is CC(C)c1ccc(NC(=O)[C@@H](Cc2ccccc2)NS(=O)(=O)c2ccccc2)cc1. The van der Waals surface area contributed by atoms with Crippen LogP contribution in [0, 0.1) is 0 Å². The summed E-state index contributed by atoms with van der Waals surface area (Å²) in [6.07, 6.45) is 0.239. The van der Waals surface area contributed by atoms with Crippen LogP contribution < -0.4 is 10.0 Å². The lowest BCUT2D eigenvalue weighted by atomic mass is 10.0. The quantitative estimate of drug-likeness (QED) is 0.567. The molecule has 0 bridgehead atoms. The predicted octanol–water partition coefficient (Wildman–Crippen LogP) is 4.34. The first-order valence-electron chi connectivity index (χ1n) is 9.87. The van der Waals surface area contributed by atoms with Crippen LogP contribution in [-0.2, 0) is 21.2 Å². The molecule has 1 amide bonds. The van der Waals surface area contributed by atoms with Gasteiger partial charge in [-0.1, -0.05) is 74.5 Å². The van der Waals surface area contributed by atoms with Crippen LogP contribution in [0.3, 0.4) is 0 Å². The topological polar surface area (TPSA) is 75.3 Å². The number of carbonyl (C=O) groups excluding carboxylic acids is 1. The van der Waals surface area contributed by atoms with Gasteiger partial charge in [-0.05, 0) is 47.7 Å². The van der Waals surface area contributed by atoms with Gasteiger partial charge in [-0.25, -0.2) is 8.42 Å². The van der Waals surface area contributed by atoms with E-state index in [1.807, 2.05) is 54.6 Å². The van der Waals surface area contributed by atoms with Crippen molar-refractivity contribution in [2.45, 2.75) is 37.1 Å². The zero-order chi connectivity index (χ0) is 21.6. The molecular weight excluding hydrogens is 396 g/mol. The lowest BCUT2D eigenvalue weighted by Crippen LogP contribution is -2.45. The highest BCUT2D eigenvalue weighted by atomic mass is 32.2. The molecule has 0 aliphatic carbocycles. The van der Waals surface area contributed by atoms with Crippen LogP contribution in [0.25, 0.3) is 0 Å². The number of hydrogen-bond donors (Lipinski definition) is 2.